The molecule has 1 aliphatic heterocycles. The number of carbonyl (C=O) groups excluding carboxylic acids is 3. The Morgan fingerprint density at radius 1 is 1.11 bits per heavy atom. The van der Waals surface area contributed by atoms with Crippen LogP contribution in [0.5, 0.6) is 0 Å². The third-order valence-electron chi connectivity index (χ3n) is 7.90. The first-order valence-electron chi connectivity index (χ1n) is 15.0. The summed E-state index contributed by atoms with van der Waals surface area (Å²) in [5.74, 6) is -0.0153. The smallest absolute Gasteiger partial charge is 0.411 e. The molecule has 3 amide bonds. The van der Waals surface area contributed by atoms with E-state index < -0.39 is 12.1 Å². The van der Waals surface area contributed by atoms with E-state index in [2.05, 4.69) is 41.1 Å². The van der Waals surface area contributed by atoms with Gasteiger partial charge in [-0.1, -0.05) is 35.3 Å². The molecule has 5 rings (SSSR count). The molecule has 0 radical (unpaired) electrons. The number of hydrogen-bond acceptors (Lipinski definition) is 9. The Hall–Kier alpha value is -4.88. The normalized spacial score (nSPS) is 15.3. The number of piperidine rings is 1. The number of carbonyl (C=O) groups is 3. The fourth-order valence-corrected chi connectivity index (χ4v) is 5.86. The third kappa shape index (κ3) is 8.89. The highest BCUT2D eigenvalue weighted by Gasteiger charge is 2.25. The summed E-state index contributed by atoms with van der Waals surface area (Å²) in [6.07, 6.45) is 7.16. The number of amides is 3. The number of nitrogens with one attached hydrogen (secondary N) is 2. The molecule has 4 aromatic rings. The van der Waals surface area contributed by atoms with Crippen molar-refractivity contribution in [3.05, 3.63) is 82.4 Å². The Labute approximate surface area is 281 Å². The lowest BCUT2D eigenvalue weighted by Crippen LogP contribution is -2.39. The molecule has 15 heteroatoms. The lowest BCUT2D eigenvalue weighted by molar-refractivity contribution is -0.130. The van der Waals surface area contributed by atoms with Crippen LogP contribution in [0.3, 0.4) is 0 Å². The van der Waals surface area contributed by atoms with Crippen LogP contribution >= 0.6 is 23.2 Å². The monoisotopic (exact) mass is 677 g/mol. The molecule has 1 fully saturated rings. The van der Waals surface area contributed by atoms with Gasteiger partial charge in [-0.25, -0.2) is 4.79 Å². The summed E-state index contributed by atoms with van der Waals surface area (Å²) in [4.78, 5) is 38.9. The summed E-state index contributed by atoms with van der Waals surface area (Å²) in [6.45, 7) is 3.02. The topological polar surface area (TPSA) is 157 Å². The van der Waals surface area contributed by atoms with Crippen LogP contribution in [0.4, 0.5) is 10.5 Å². The standard InChI is InChI=1S/C32H33Cl2N9O4/c1-20(44)42-15-3-4-21(18-42)5-12-27(37-30(45)14-8-23-16-24(33)9-13-29(23)43-19-35-40-41-43)28-17-26(31(34)39-38-28)22-6-10-25(11-7-22)36-32(46)47-2/h6-11,13-14,16-17,19,21,27H,3-5,12,15,18H2,1-2H3,(H,36,46)(H,37,45)/b14-8+/t21?,27-/m0/s1. The van der Waals surface area contributed by atoms with Gasteiger partial charge in [-0.15, -0.1) is 10.2 Å². The summed E-state index contributed by atoms with van der Waals surface area (Å²) in [6, 6.07) is 13.5. The Morgan fingerprint density at radius 2 is 1.91 bits per heavy atom. The highest BCUT2D eigenvalue weighted by Crippen LogP contribution is 2.31. The first-order chi connectivity index (χ1) is 22.7. The molecular formula is C32H33Cl2N9O4. The zero-order valence-corrected chi connectivity index (χ0v) is 27.3. The number of halogens is 2. The van der Waals surface area contributed by atoms with Crippen LogP contribution in [0, 0.1) is 5.92 Å². The Morgan fingerprint density at radius 3 is 2.64 bits per heavy atom. The van der Waals surface area contributed by atoms with E-state index in [9.17, 15) is 14.4 Å². The molecule has 13 nitrogen and oxygen atoms in total. The molecule has 0 aliphatic carbocycles. The number of aromatic nitrogens is 6. The van der Waals surface area contributed by atoms with Gasteiger partial charge in [0.25, 0.3) is 0 Å². The molecule has 1 saturated heterocycles. The van der Waals surface area contributed by atoms with Crippen LogP contribution in [0.2, 0.25) is 10.2 Å². The summed E-state index contributed by atoms with van der Waals surface area (Å²) in [7, 11) is 1.29. The Kier molecular flexibility index (Phi) is 11.1. The van der Waals surface area contributed by atoms with Gasteiger partial charge < -0.3 is 15.0 Å². The van der Waals surface area contributed by atoms with Crippen molar-refractivity contribution in [1.29, 1.82) is 0 Å². The molecule has 2 atom stereocenters. The van der Waals surface area contributed by atoms with Gasteiger partial charge in [-0.05, 0) is 90.1 Å². The van der Waals surface area contributed by atoms with Crippen molar-refractivity contribution in [2.24, 2.45) is 5.92 Å². The van der Waals surface area contributed by atoms with Crippen molar-refractivity contribution in [2.45, 2.75) is 38.6 Å². The van der Waals surface area contributed by atoms with Gasteiger partial charge in [0.05, 0.1) is 24.5 Å². The Bertz CT molecular complexity index is 1750. The number of ether oxygens (including phenoxy) is 1. The first kappa shape index (κ1) is 33.5. The zero-order valence-electron chi connectivity index (χ0n) is 25.8. The molecule has 0 spiro atoms. The van der Waals surface area contributed by atoms with E-state index in [0.29, 0.717) is 46.2 Å². The van der Waals surface area contributed by atoms with E-state index in [4.69, 9.17) is 23.2 Å². The van der Waals surface area contributed by atoms with Gasteiger partial charge in [0, 0.05) is 47.9 Å². The number of methoxy groups -OCH3 is 1. The highest BCUT2D eigenvalue weighted by atomic mass is 35.5. The molecule has 0 saturated carbocycles. The van der Waals surface area contributed by atoms with E-state index >= 15 is 0 Å². The molecule has 244 valence electrons. The second kappa shape index (κ2) is 15.6. The van der Waals surface area contributed by atoms with Crippen LogP contribution in [0.1, 0.15) is 49.9 Å². The van der Waals surface area contributed by atoms with Crippen LogP contribution in [-0.2, 0) is 14.3 Å². The average Bonchev–Trinajstić information content (AvgIpc) is 3.61. The predicted molar refractivity (Wildman–Crippen MR) is 177 cm³/mol. The van der Waals surface area contributed by atoms with Crippen molar-refractivity contribution >= 4 is 52.9 Å². The van der Waals surface area contributed by atoms with Gasteiger partial charge in [0.2, 0.25) is 11.8 Å². The second-order valence-electron chi connectivity index (χ2n) is 11.1. The molecule has 2 N–H and O–H groups in total. The fourth-order valence-electron chi connectivity index (χ4n) is 5.47. The van der Waals surface area contributed by atoms with Crippen LogP contribution in [-0.4, -0.2) is 73.4 Å². The van der Waals surface area contributed by atoms with Crippen molar-refractivity contribution in [2.75, 3.05) is 25.5 Å². The van der Waals surface area contributed by atoms with Crippen molar-refractivity contribution < 1.29 is 19.1 Å². The van der Waals surface area contributed by atoms with E-state index in [1.165, 1.54) is 24.2 Å². The van der Waals surface area contributed by atoms with Gasteiger partial charge in [-0.3, -0.25) is 14.9 Å². The second-order valence-corrected chi connectivity index (χ2v) is 11.9. The molecular weight excluding hydrogens is 645 g/mol. The predicted octanol–water partition coefficient (Wildman–Crippen LogP) is 5.51. The van der Waals surface area contributed by atoms with E-state index in [0.717, 1.165) is 31.4 Å². The van der Waals surface area contributed by atoms with Crippen molar-refractivity contribution in [3.63, 3.8) is 0 Å². The molecule has 1 aliphatic rings. The molecule has 47 heavy (non-hydrogen) atoms. The Balaban J connectivity index is 1.39. The summed E-state index contributed by atoms with van der Waals surface area (Å²) in [5, 5.41) is 26.3. The lowest BCUT2D eigenvalue weighted by Gasteiger charge is -2.32. The van der Waals surface area contributed by atoms with E-state index in [-0.39, 0.29) is 22.9 Å². The summed E-state index contributed by atoms with van der Waals surface area (Å²) >= 11 is 12.7. The fraction of sp³-hybridized carbons (Fsp3) is 0.312. The zero-order chi connectivity index (χ0) is 33.3. The third-order valence-corrected chi connectivity index (χ3v) is 8.41. The summed E-state index contributed by atoms with van der Waals surface area (Å²) < 4.78 is 6.13. The van der Waals surface area contributed by atoms with E-state index in [1.807, 2.05) is 11.0 Å². The van der Waals surface area contributed by atoms with Crippen LogP contribution in [0.15, 0.2) is 60.9 Å². The maximum absolute atomic E-state index is 13.4. The number of hydrogen-bond donors (Lipinski definition) is 2. The number of likely N-dealkylation sites (tertiary alicyclic amines) is 1. The molecule has 3 heterocycles. The molecule has 0 bridgehead atoms. The first-order valence-corrected chi connectivity index (χ1v) is 15.7. The minimum atomic E-state index is -0.581. The van der Waals surface area contributed by atoms with Gasteiger partial charge in [0.15, 0.2) is 5.15 Å². The number of anilines is 1. The van der Waals surface area contributed by atoms with Gasteiger partial charge in [-0.2, -0.15) is 9.78 Å². The van der Waals surface area contributed by atoms with Crippen LogP contribution < -0.4 is 10.6 Å². The number of benzene rings is 2. The number of tetrazole rings is 1. The van der Waals surface area contributed by atoms with Gasteiger partial charge in [0.1, 0.15) is 6.33 Å². The van der Waals surface area contributed by atoms with Gasteiger partial charge >= 0.3 is 6.09 Å². The van der Waals surface area contributed by atoms with Crippen molar-refractivity contribution in [1.82, 2.24) is 40.6 Å². The number of rotatable bonds is 10. The highest BCUT2D eigenvalue weighted by molar-refractivity contribution is 6.32. The maximum atomic E-state index is 13.4. The SMILES string of the molecule is COC(=O)Nc1ccc(-c2cc([C@H](CCC3CCCN(C(C)=O)C3)NC(=O)/C=C/c3cc(Cl)ccc3-n3cnnn3)nnc2Cl)cc1. The lowest BCUT2D eigenvalue weighted by atomic mass is 9.90. The van der Waals surface area contributed by atoms with Crippen LogP contribution in [0.25, 0.3) is 22.9 Å². The van der Waals surface area contributed by atoms with Crippen molar-refractivity contribution in [3.8, 4) is 16.8 Å². The maximum Gasteiger partial charge on any atom is 0.411 e. The molecule has 1 unspecified atom stereocenters. The average molecular weight is 679 g/mol. The summed E-state index contributed by atoms with van der Waals surface area (Å²) in [5.41, 5.74) is 3.72. The minimum Gasteiger partial charge on any atom is -0.453 e. The number of nitrogens with zero attached hydrogens (tertiary/aromatic N) is 7. The minimum absolute atomic E-state index is 0.0627. The van der Waals surface area contributed by atoms with E-state index in [1.54, 1.807) is 55.5 Å². The molecule has 2 aromatic carbocycles. The largest absolute Gasteiger partial charge is 0.453 e. The quantitative estimate of drug-likeness (QED) is 0.206. The molecule has 2 aromatic heterocycles.